The third-order valence-electron chi connectivity index (χ3n) is 5.36. The predicted molar refractivity (Wildman–Crippen MR) is 101 cm³/mol. The number of benzene rings is 2. The first-order valence-corrected chi connectivity index (χ1v) is 8.03. The van der Waals surface area contributed by atoms with Crippen LogP contribution in [0.1, 0.15) is 36.2 Å². The second kappa shape index (κ2) is 4.48. The molecule has 0 saturated carbocycles. The third-order valence-corrected chi connectivity index (χ3v) is 5.36. The normalized spacial score (nSPS) is 14.6. The molecule has 1 nitrogen and oxygen atoms in total. The number of aromatic nitrogens is 1. The van der Waals surface area contributed by atoms with E-state index >= 15 is 0 Å². The van der Waals surface area contributed by atoms with Crippen LogP contribution in [0.5, 0.6) is 0 Å². The van der Waals surface area contributed by atoms with Gasteiger partial charge in [-0.1, -0.05) is 63.4 Å². The Bertz CT molecular complexity index is 983. The molecule has 0 N–H and O–H groups in total. The maximum atomic E-state index is 4.06. The molecule has 1 aliphatic carbocycles. The molecule has 114 valence electrons. The fraction of sp³-hybridized carbons (Fsp3) is 0.182. The van der Waals surface area contributed by atoms with Gasteiger partial charge in [0, 0.05) is 34.6 Å². The molecular formula is C22H21N. The van der Waals surface area contributed by atoms with E-state index in [1.54, 1.807) is 0 Å². The van der Waals surface area contributed by atoms with E-state index < -0.39 is 0 Å². The molecule has 0 atom stereocenters. The Morgan fingerprint density at radius 1 is 0.957 bits per heavy atom. The zero-order valence-electron chi connectivity index (χ0n) is 14.0. The second-order valence-corrected chi connectivity index (χ2v) is 6.82. The van der Waals surface area contributed by atoms with Crippen molar-refractivity contribution in [2.45, 2.75) is 19.3 Å². The largest absolute Gasteiger partial charge is 0.344 e. The van der Waals surface area contributed by atoms with Crippen LogP contribution in [-0.4, -0.2) is 4.57 Å². The number of hydrogen-bond acceptors (Lipinski definition) is 0. The number of hydrogen-bond donors (Lipinski definition) is 0. The minimum absolute atomic E-state index is 0.0109. The minimum Gasteiger partial charge on any atom is -0.344 e. The Balaban J connectivity index is 2.25. The highest BCUT2D eigenvalue weighted by Crippen LogP contribution is 2.52. The van der Waals surface area contributed by atoms with E-state index in [-0.39, 0.29) is 5.41 Å². The molecule has 1 aliphatic rings. The first kappa shape index (κ1) is 14.1. The first-order chi connectivity index (χ1) is 11.0. The summed E-state index contributed by atoms with van der Waals surface area (Å²) in [6.07, 6.45) is 3.90. The summed E-state index contributed by atoms with van der Waals surface area (Å²) in [5.74, 6) is 0. The van der Waals surface area contributed by atoms with Crippen molar-refractivity contribution in [3.05, 3.63) is 71.9 Å². The first-order valence-electron chi connectivity index (χ1n) is 8.03. The zero-order chi connectivity index (χ0) is 16.4. The molecule has 2 aromatic carbocycles. The summed E-state index contributed by atoms with van der Waals surface area (Å²) in [4.78, 5) is 0. The Kier molecular flexibility index (Phi) is 2.74. The molecule has 0 spiro atoms. The highest BCUT2D eigenvalue weighted by atomic mass is 14.9. The zero-order valence-corrected chi connectivity index (χ0v) is 14.0. The van der Waals surface area contributed by atoms with Gasteiger partial charge in [-0.15, -0.1) is 0 Å². The Morgan fingerprint density at radius 3 is 2.39 bits per heavy atom. The monoisotopic (exact) mass is 299 g/mol. The molecule has 4 rings (SSSR count). The summed E-state index contributed by atoms with van der Waals surface area (Å²) in [7, 11) is 2.10. The highest BCUT2D eigenvalue weighted by Gasteiger charge is 2.37. The van der Waals surface area contributed by atoms with E-state index in [9.17, 15) is 0 Å². The van der Waals surface area contributed by atoms with Crippen LogP contribution >= 0.6 is 0 Å². The third kappa shape index (κ3) is 1.57. The minimum atomic E-state index is -0.0109. The molecule has 0 unspecified atom stereocenters. The molecule has 0 fully saturated rings. The molecule has 23 heavy (non-hydrogen) atoms. The van der Waals surface area contributed by atoms with Crippen molar-refractivity contribution in [2.75, 3.05) is 0 Å². The van der Waals surface area contributed by atoms with E-state index in [1.165, 1.54) is 38.7 Å². The number of rotatable bonds is 2. The van der Waals surface area contributed by atoms with E-state index in [2.05, 4.69) is 75.0 Å². The van der Waals surface area contributed by atoms with Crippen LogP contribution in [0.2, 0.25) is 0 Å². The van der Waals surface area contributed by atoms with Crippen LogP contribution in [0.3, 0.4) is 0 Å². The van der Waals surface area contributed by atoms with E-state index in [4.69, 9.17) is 0 Å². The van der Waals surface area contributed by atoms with E-state index in [0.717, 1.165) is 5.69 Å². The van der Waals surface area contributed by atoms with Crippen LogP contribution in [0.15, 0.2) is 49.6 Å². The van der Waals surface area contributed by atoms with Crippen molar-refractivity contribution in [3.63, 3.8) is 0 Å². The van der Waals surface area contributed by atoms with Gasteiger partial charge in [0.2, 0.25) is 0 Å². The summed E-state index contributed by atoms with van der Waals surface area (Å²) in [5.41, 5.74) is 9.08. The van der Waals surface area contributed by atoms with Gasteiger partial charge in [0.15, 0.2) is 0 Å². The number of aryl methyl sites for hydroxylation is 1. The summed E-state index contributed by atoms with van der Waals surface area (Å²) in [5, 5.41) is 1.32. The number of nitrogens with zero attached hydrogens (tertiary/aromatic N) is 1. The maximum Gasteiger partial charge on any atom is 0.0492 e. The average molecular weight is 299 g/mol. The molecule has 0 aliphatic heterocycles. The lowest BCUT2D eigenvalue weighted by molar-refractivity contribution is 0.666. The molecule has 1 aromatic heterocycles. The second-order valence-electron chi connectivity index (χ2n) is 6.82. The summed E-state index contributed by atoms with van der Waals surface area (Å²) in [6.45, 7) is 12.7. The van der Waals surface area contributed by atoms with Gasteiger partial charge in [-0.25, -0.2) is 0 Å². The van der Waals surface area contributed by atoms with Gasteiger partial charge in [-0.2, -0.15) is 0 Å². The summed E-state index contributed by atoms with van der Waals surface area (Å²) in [6, 6.07) is 13.3. The predicted octanol–water partition coefficient (Wildman–Crippen LogP) is 5.77. The maximum absolute atomic E-state index is 4.06. The Hall–Kier alpha value is -2.54. The fourth-order valence-corrected chi connectivity index (χ4v) is 4.31. The van der Waals surface area contributed by atoms with Crippen molar-refractivity contribution < 1.29 is 0 Å². The quantitative estimate of drug-likeness (QED) is 0.566. The van der Waals surface area contributed by atoms with E-state index in [0.29, 0.717) is 0 Å². The van der Waals surface area contributed by atoms with Gasteiger partial charge in [-0.05, 0) is 34.4 Å². The molecule has 0 amide bonds. The van der Waals surface area contributed by atoms with Crippen molar-refractivity contribution in [3.8, 4) is 11.1 Å². The molecular weight excluding hydrogens is 278 g/mol. The Labute approximate surface area is 137 Å². The van der Waals surface area contributed by atoms with Gasteiger partial charge >= 0.3 is 0 Å². The highest BCUT2D eigenvalue weighted by molar-refractivity contribution is 6.03. The molecule has 0 radical (unpaired) electrons. The smallest absolute Gasteiger partial charge is 0.0492 e. The van der Waals surface area contributed by atoms with Crippen LogP contribution in [-0.2, 0) is 12.5 Å². The van der Waals surface area contributed by atoms with E-state index in [1.807, 2.05) is 12.2 Å². The van der Waals surface area contributed by atoms with Gasteiger partial charge < -0.3 is 4.57 Å². The Morgan fingerprint density at radius 2 is 1.70 bits per heavy atom. The lowest BCUT2D eigenvalue weighted by atomic mass is 9.80. The molecule has 0 saturated heterocycles. The standard InChI is InChI=1S/C22H21N/c1-6-14-18(7-2)23(5)19-13-12-16-15-10-8-9-11-17(15)22(3,4)21(16)20(14)19/h6-13H,1-2H2,3-5H3. The van der Waals surface area contributed by atoms with Crippen LogP contribution in [0, 0.1) is 0 Å². The average Bonchev–Trinajstić information content (AvgIpc) is 2.97. The lowest BCUT2D eigenvalue weighted by Crippen LogP contribution is -2.15. The van der Waals surface area contributed by atoms with Crippen molar-refractivity contribution in [2.24, 2.45) is 7.05 Å². The lowest BCUT2D eigenvalue weighted by Gasteiger charge is -2.22. The van der Waals surface area contributed by atoms with Gasteiger partial charge in [-0.3, -0.25) is 0 Å². The molecule has 3 aromatic rings. The summed E-state index contributed by atoms with van der Waals surface area (Å²) < 4.78 is 2.22. The molecule has 1 heteroatoms. The van der Waals surface area contributed by atoms with Crippen LogP contribution in [0.4, 0.5) is 0 Å². The van der Waals surface area contributed by atoms with Crippen molar-refractivity contribution >= 4 is 23.1 Å². The fourth-order valence-electron chi connectivity index (χ4n) is 4.31. The van der Waals surface area contributed by atoms with Gasteiger partial charge in [0.1, 0.15) is 0 Å². The topological polar surface area (TPSA) is 4.93 Å². The summed E-state index contributed by atoms with van der Waals surface area (Å²) >= 11 is 0. The van der Waals surface area contributed by atoms with Crippen molar-refractivity contribution in [1.29, 1.82) is 0 Å². The molecule has 1 heterocycles. The van der Waals surface area contributed by atoms with Crippen LogP contribution in [0.25, 0.3) is 34.2 Å². The van der Waals surface area contributed by atoms with Gasteiger partial charge in [0.25, 0.3) is 0 Å². The van der Waals surface area contributed by atoms with Crippen molar-refractivity contribution in [1.82, 2.24) is 4.57 Å². The van der Waals surface area contributed by atoms with Crippen LogP contribution < -0.4 is 0 Å². The SMILES string of the molecule is C=Cc1c(C=C)n(C)c2ccc3c(c12)C(C)(C)c1ccccc1-3. The number of fused-ring (bicyclic) bond motifs is 5. The van der Waals surface area contributed by atoms with Gasteiger partial charge in [0.05, 0.1) is 0 Å². The molecule has 0 bridgehead atoms.